The summed E-state index contributed by atoms with van der Waals surface area (Å²) in [5.74, 6) is 1.38. The Hall–Kier alpha value is -2.56. The molecule has 2 heterocycles. The lowest BCUT2D eigenvalue weighted by Gasteiger charge is -2.07. The molecule has 3 rings (SSSR count). The van der Waals surface area contributed by atoms with Crippen LogP contribution in [0.3, 0.4) is 0 Å². The van der Waals surface area contributed by atoms with Crippen LogP contribution < -0.4 is 10.4 Å². The Morgan fingerprint density at radius 2 is 2.00 bits per heavy atom. The molecule has 0 saturated heterocycles. The predicted molar refractivity (Wildman–Crippen MR) is 77.5 cm³/mol. The first kappa shape index (κ1) is 13.4. The number of aryl methyl sites for hydroxylation is 3. The number of aromatic nitrogens is 1. The van der Waals surface area contributed by atoms with Crippen LogP contribution in [0.15, 0.2) is 38.0 Å². The minimum absolute atomic E-state index is 0.358. The summed E-state index contributed by atoms with van der Waals surface area (Å²) in [4.78, 5) is 11.4. The van der Waals surface area contributed by atoms with Crippen LogP contribution in [0.25, 0.3) is 11.0 Å². The second-order valence-electron chi connectivity index (χ2n) is 5.00. The van der Waals surface area contributed by atoms with Gasteiger partial charge < -0.3 is 13.7 Å². The average molecular weight is 285 g/mol. The topological polar surface area (TPSA) is 65.5 Å². The van der Waals surface area contributed by atoms with Crippen molar-refractivity contribution in [1.29, 1.82) is 0 Å². The monoisotopic (exact) mass is 285 g/mol. The smallest absolute Gasteiger partial charge is 0.336 e. The van der Waals surface area contributed by atoms with Crippen LogP contribution in [0, 0.1) is 20.8 Å². The summed E-state index contributed by atoms with van der Waals surface area (Å²) < 4.78 is 16.0. The van der Waals surface area contributed by atoms with Gasteiger partial charge in [-0.1, -0.05) is 5.16 Å². The van der Waals surface area contributed by atoms with Gasteiger partial charge in [0.1, 0.15) is 23.7 Å². The van der Waals surface area contributed by atoms with E-state index < -0.39 is 0 Å². The quantitative estimate of drug-likeness (QED) is 0.691. The maximum Gasteiger partial charge on any atom is 0.336 e. The number of benzene rings is 1. The Bertz CT molecular complexity index is 841. The summed E-state index contributed by atoms with van der Waals surface area (Å²) in [6, 6.07) is 6.94. The van der Waals surface area contributed by atoms with E-state index in [1.165, 1.54) is 6.07 Å². The first-order valence-corrected chi connectivity index (χ1v) is 6.63. The molecule has 0 aliphatic carbocycles. The molecule has 5 nitrogen and oxygen atoms in total. The van der Waals surface area contributed by atoms with Gasteiger partial charge in [0.2, 0.25) is 0 Å². The van der Waals surface area contributed by atoms with Gasteiger partial charge in [0.15, 0.2) is 0 Å². The molecule has 5 heteroatoms. The van der Waals surface area contributed by atoms with Crippen molar-refractivity contribution in [2.24, 2.45) is 0 Å². The van der Waals surface area contributed by atoms with Gasteiger partial charge in [0, 0.05) is 17.5 Å². The van der Waals surface area contributed by atoms with E-state index in [2.05, 4.69) is 5.16 Å². The van der Waals surface area contributed by atoms with Crippen molar-refractivity contribution in [3.8, 4) is 5.75 Å². The Kier molecular flexibility index (Phi) is 3.25. The Morgan fingerprint density at radius 3 is 2.71 bits per heavy atom. The van der Waals surface area contributed by atoms with Gasteiger partial charge in [-0.05, 0) is 38.5 Å². The highest BCUT2D eigenvalue weighted by molar-refractivity contribution is 5.81. The molecule has 3 aromatic rings. The normalized spacial score (nSPS) is 11.0. The highest BCUT2D eigenvalue weighted by atomic mass is 16.5. The van der Waals surface area contributed by atoms with Crippen LogP contribution in [0.1, 0.15) is 22.6 Å². The molecule has 108 valence electrons. The number of nitrogens with zero attached hydrogens (tertiary/aromatic N) is 1. The molecule has 0 unspecified atom stereocenters. The molecule has 0 aliphatic heterocycles. The molecule has 0 saturated carbocycles. The first-order valence-electron chi connectivity index (χ1n) is 6.63. The zero-order valence-electron chi connectivity index (χ0n) is 12.1. The third kappa shape index (κ3) is 2.54. The van der Waals surface area contributed by atoms with Crippen LogP contribution in [0.5, 0.6) is 5.75 Å². The van der Waals surface area contributed by atoms with Crippen molar-refractivity contribution in [2.45, 2.75) is 27.4 Å². The van der Waals surface area contributed by atoms with Crippen molar-refractivity contribution in [2.75, 3.05) is 0 Å². The lowest BCUT2D eigenvalue weighted by Crippen LogP contribution is -2.00. The van der Waals surface area contributed by atoms with E-state index in [1.54, 1.807) is 6.07 Å². The van der Waals surface area contributed by atoms with Crippen LogP contribution in [-0.4, -0.2) is 5.16 Å². The van der Waals surface area contributed by atoms with Crippen LogP contribution in [-0.2, 0) is 6.61 Å². The Morgan fingerprint density at radius 1 is 1.19 bits per heavy atom. The first-order chi connectivity index (χ1) is 10.0. The van der Waals surface area contributed by atoms with E-state index in [1.807, 2.05) is 32.9 Å². The molecular weight excluding hydrogens is 270 g/mol. The minimum atomic E-state index is -0.358. The fourth-order valence-corrected chi connectivity index (χ4v) is 2.26. The third-order valence-electron chi connectivity index (χ3n) is 3.49. The van der Waals surface area contributed by atoms with Crippen molar-refractivity contribution >= 4 is 11.0 Å². The van der Waals surface area contributed by atoms with Crippen molar-refractivity contribution in [3.63, 3.8) is 0 Å². The van der Waals surface area contributed by atoms with E-state index in [-0.39, 0.29) is 5.63 Å². The number of ether oxygens (including phenoxy) is 1. The van der Waals surface area contributed by atoms with E-state index in [4.69, 9.17) is 13.7 Å². The maximum absolute atomic E-state index is 11.4. The number of rotatable bonds is 3. The highest BCUT2D eigenvalue weighted by Gasteiger charge is 2.10. The van der Waals surface area contributed by atoms with Gasteiger partial charge in [-0.15, -0.1) is 0 Å². The number of hydrogen-bond acceptors (Lipinski definition) is 5. The zero-order valence-corrected chi connectivity index (χ0v) is 12.1. The summed E-state index contributed by atoms with van der Waals surface area (Å²) in [7, 11) is 0. The molecule has 0 atom stereocenters. The van der Waals surface area contributed by atoms with Crippen LogP contribution in [0.4, 0.5) is 0 Å². The molecule has 0 spiro atoms. The maximum atomic E-state index is 11.4. The molecule has 0 amide bonds. The summed E-state index contributed by atoms with van der Waals surface area (Å²) in [6.45, 7) is 5.96. The van der Waals surface area contributed by atoms with Crippen molar-refractivity contribution < 1.29 is 13.7 Å². The summed E-state index contributed by atoms with van der Waals surface area (Å²) >= 11 is 0. The molecule has 1 aromatic carbocycles. The third-order valence-corrected chi connectivity index (χ3v) is 3.49. The average Bonchev–Trinajstić information content (AvgIpc) is 2.75. The Balaban J connectivity index is 1.90. The number of hydrogen-bond donors (Lipinski definition) is 0. The second kappa shape index (κ2) is 5.09. The van der Waals surface area contributed by atoms with E-state index >= 15 is 0 Å². The van der Waals surface area contributed by atoms with E-state index in [0.29, 0.717) is 17.9 Å². The molecule has 0 fully saturated rings. The van der Waals surface area contributed by atoms with E-state index in [9.17, 15) is 4.79 Å². The van der Waals surface area contributed by atoms with Crippen LogP contribution >= 0.6 is 0 Å². The van der Waals surface area contributed by atoms with Gasteiger partial charge in [-0.2, -0.15) is 0 Å². The molecular formula is C16H15NO4. The minimum Gasteiger partial charge on any atom is -0.489 e. The van der Waals surface area contributed by atoms with Gasteiger partial charge in [-0.25, -0.2) is 4.79 Å². The summed E-state index contributed by atoms with van der Waals surface area (Å²) in [6.07, 6.45) is 0. The fourth-order valence-electron chi connectivity index (χ4n) is 2.26. The number of fused-ring (bicyclic) bond motifs is 1. The molecule has 21 heavy (non-hydrogen) atoms. The highest BCUT2D eigenvalue weighted by Crippen LogP contribution is 2.23. The molecule has 0 N–H and O–H groups in total. The zero-order chi connectivity index (χ0) is 15.0. The summed E-state index contributed by atoms with van der Waals surface area (Å²) in [5, 5.41) is 4.79. The standard InChI is InChI=1S/C16H15NO4/c1-9-6-16(18)20-15-7-12(4-5-13(9)15)19-8-14-10(2)17-21-11(14)3/h4-7H,8H2,1-3H3. The molecule has 0 radical (unpaired) electrons. The van der Waals surface area contributed by atoms with Gasteiger partial charge >= 0.3 is 5.63 Å². The van der Waals surface area contributed by atoms with Gasteiger partial charge in [-0.3, -0.25) is 0 Å². The van der Waals surface area contributed by atoms with Crippen molar-refractivity contribution in [3.05, 3.63) is 57.3 Å². The molecule has 0 bridgehead atoms. The molecule has 2 aromatic heterocycles. The molecule has 0 aliphatic rings. The second-order valence-corrected chi connectivity index (χ2v) is 5.00. The van der Waals surface area contributed by atoms with E-state index in [0.717, 1.165) is 28.0 Å². The fraction of sp³-hybridized carbons (Fsp3) is 0.250. The largest absolute Gasteiger partial charge is 0.489 e. The van der Waals surface area contributed by atoms with Gasteiger partial charge in [0.25, 0.3) is 0 Å². The van der Waals surface area contributed by atoms with Crippen LogP contribution in [0.2, 0.25) is 0 Å². The Labute approximate surface area is 121 Å². The SMILES string of the molecule is Cc1noc(C)c1COc1ccc2c(C)cc(=O)oc2c1. The van der Waals surface area contributed by atoms with Crippen molar-refractivity contribution in [1.82, 2.24) is 5.16 Å². The summed E-state index contributed by atoms with van der Waals surface area (Å²) in [5.41, 5.74) is 2.80. The van der Waals surface area contributed by atoms with Gasteiger partial charge in [0.05, 0.1) is 11.3 Å². The lowest BCUT2D eigenvalue weighted by molar-refractivity contribution is 0.301. The predicted octanol–water partition coefficient (Wildman–Crippen LogP) is 3.29. The lowest BCUT2D eigenvalue weighted by atomic mass is 10.1.